The molecule has 5 rings (SSSR count). The van der Waals surface area contributed by atoms with E-state index in [-0.39, 0.29) is 49.1 Å². The predicted molar refractivity (Wildman–Crippen MR) is 181 cm³/mol. The van der Waals surface area contributed by atoms with Crippen molar-refractivity contribution in [2.75, 3.05) is 0 Å². The van der Waals surface area contributed by atoms with Gasteiger partial charge in [0.05, 0.1) is 0 Å². The molecule has 0 saturated carbocycles. The Morgan fingerprint density at radius 2 is 1.70 bits per heavy atom. The van der Waals surface area contributed by atoms with Gasteiger partial charge >= 0.3 is 6.97 Å². The molecule has 1 aromatic carbocycles. The van der Waals surface area contributed by atoms with Crippen molar-refractivity contribution < 1.29 is 27.9 Å². The number of piperidine rings is 1. The highest BCUT2D eigenvalue weighted by molar-refractivity contribution is 6.58. The largest absolute Gasteiger partial charge is 0.737 e. The third-order valence-electron chi connectivity index (χ3n) is 9.28. The minimum atomic E-state index is -4.18. The van der Waals surface area contributed by atoms with E-state index < -0.39 is 18.0 Å². The fraction of sp³-hybridized carbons (Fsp3) is 0.472. The zero-order valence-electron chi connectivity index (χ0n) is 28.3. The van der Waals surface area contributed by atoms with E-state index in [1.54, 1.807) is 36.4 Å². The van der Waals surface area contributed by atoms with Crippen LogP contribution < -0.4 is 10.6 Å². The summed E-state index contributed by atoms with van der Waals surface area (Å²) in [6, 6.07) is 12.1. The SMILES string of the molecule is CC(C)C[C@@H](/C=C/CC(=O)NC1CC(C)(C)N([O])C(C)(C)C1)NC(=O)CCc1ccc2n1[B-](F)(F)[N+]1=C(c3ccccc3)C=CC1=C2. The maximum Gasteiger partial charge on any atom is 0.737 e. The van der Waals surface area contributed by atoms with Gasteiger partial charge in [0.15, 0.2) is 11.4 Å². The lowest BCUT2D eigenvalue weighted by Gasteiger charge is -2.50. The maximum atomic E-state index is 16.2. The standard InChI is InChI=1S/C36H47BF2N5O3/c1-25(2)21-27(13-10-14-33(45)41-28-23-35(3,4)44(47)36(5,6)24-28)40-34(46)20-18-29-15-16-30-22-31-17-19-32(26-11-8-7-9-12-26)43(31)37(38,39)42(29)30/h7-13,15-17,19,22,25,27-28H,14,18,20-21,23-24H2,1-6H3,(H,40,46)(H,41,45)/b13-10+/t27-/m1/s1. The highest BCUT2D eigenvalue weighted by atomic mass is 19.2. The number of nitrogens with one attached hydrogen (secondary N) is 2. The van der Waals surface area contributed by atoms with E-state index in [0.717, 1.165) is 14.0 Å². The number of amides is 2. The second-order valence-electron chi connectivity index (χ2n) is 14.8. The van der Waals surface area contributed by atoms with Crippen molar-refractivity contribution in [2.24, 2.45) is 5.92 Å². The molecule has 47 heavy (non-hydrogen) atoms. The van der Waals surface area contributed by atoms with Crippen LogP contribution >= 0.6 is 0 Å². The molecule has 1 saturated heterocycles. The molecular weight excluding hydrogens is 599 g/mol. The summed E-state index contributed by atoms with van der Waals surface area (Å²) < 4.78 is 34.6. The second kappa shape index (κ2) is 13.4. The van der Waals surface area contributed by atoms with Crippen molar-refractivity contribution in [1.82, 2.24) is 20.2 Å². The summed E-state index contributed by atoms with van der Waals surface area (Å²) in [4.78, 5) is 25.9. The number of fused-ring (bicyclic) bond motifs is 2. The monoisotopic (exact) mass is 646 g/mol. The first kappa shape index (κ1) is 34.5. The summed E-state index contributed by atoms with van der Waals surface area (Å²) in [5.41, 5.74) is 1.27. The quantitative estimate of drug-likeness (QED) is 0.231. The Hall–Kier alpha value is -3.83. The van der Waals surface area contributed by atoms with Gasteiger partial charge in [0.25, 0.3) is 0 Å². The van der Waals surface area contributed by atoms with E-state index in [4.69, 9.17) is 0 Å². The van der Waals surface area contributed by atoms with Crippen LogP contribution in [0.1, 0.15) is 90.6 Å². The van der Waals surface area contributed by atoms with Crippen molar-refractivity contribution in [3.63, 3.8) is 0 Å². The fourth-order valence-electron chi connectivity index (χ4n) is 7.45. The van der Waals surface area contributed by atoms with Crippen LogP contribution in [0, 0.1) is 5.92 Å². The molecule has 0 unspecified atom stereocenters. The number of aryl methyl sites for hydroxylation is 1. The third-order valence-corrected chi connectivity index (χ3v) is 9.28. The van der Waals surface area contributed by atoms with Crippen LogP contribution in [0.25, 0.3) is 6.08 Å². The van der Waals surface area contributed by atoms with Crippen molar-refractivity contribution in [1.29, 1.82) is 0 Å². The molecule has 0 spiro atoms. The molecule has 3 aliphatic heterocycles. The molecule has 1 aromatic heterocycles. The van der Waals surface area contributed by atoms with Crippen molar-refractivity contribution in [3.8, 4) is 0 Å². The highest BCUT2D eigenvalue weighted by Gasteiger charge is 2.52. The summed E-state index contributed by atoms with van der Waals surface area (Å²) in [7, 11) is 0. The minimum Gasteiger partial charge on any atom is -0.394 e. The second-order valence-corrected chi connectivity index (χ2v) is 14.8. The number of hydrogen-bond donors (Lipinski definition) is 2. The molecule has 0 bridgehead atoms. The molecule has 11 heteroatoms. The molecule has 3 aliphatic rings. The van der Waals surface area contributed by atoms with E-state index in [2.05, 4.69) is 24.5 Å². The van der Waals surface area contributed by atoms with Gasteiger partial charge in [0, 0.05) is 65.5 Å². The zero-order valence-corrected chi connectivity index (χ0v) is 28.3. The molecule has 0 aliphatic carbocycles. The molecular formula is C36H47BF2N5O3. The molecule has 1 atom stereocenters. The number of nitrogens with zero attached hydrogens (tertiary/aromatic N) is 3. The summed E-state index contributed by atoms with van der Waals surface area (Å²) >= 11 is 0. The van der Waals surface area contributed by atoms with Crippen molar-refractivity contribution in [3.05, 3.63) is 89.4 Å². The van der Waals surface area contributed by atoms with Gasteiger partial charge in [0.1, 0.15) is 0 Å². The van der Waals surface area contributed by atoms with Crippen LogP contribution in [0.5, 0.6) is 0 Å². The minimum absolute atomic E-state index is 0.0482. The van der Waals surface area contributed by atoms with Crippen LogP contribution in [0.2, 0.25) is 0 Å². The summed E-state index contributed by atoms with van der Waals surface area (Å²) in [6.07, 6.45) is 11.0. The van der Waals surface area contributed by atoms with Gasteiger partial charge in [-0.2, -0.15) is 0 Å². The Kier molecular flexibility index (Phi) is 9.80. The highest BCUT2D eigenvalue weighted by Crippen LogP contribution is 2.37. The van der Waals surface area contributed by atoms with Gasteiger partial charge in [-0.15, -0.1) is 10.3 Å². The third kappa shape index (κ3) is 7.51. The number of benzene rings is 1. The zero-order chi connectivity index (χ0) is 34.1. The average Bonchev–Trinajstić information content (AvgIpc) is 3.60. The smallest absolute Gasteiger partial charge is 0.394 e. The number of halogens is 2. The normalized spacial score (nSPS) is 20.7. The molecule has 2 amide bonds. The Morgan fingerprint density at radius 3 is 2.36 bits per heavy atom. The van der Waals surface area contributed by atoms with Gasteiger partial charge in [0.2, 0.25) is 11.8 Å². The molecule has 251 valence electrons. The summed E-state index contributed by atoms with van der Waals surface area (Å²) in [5, 5.41) is 19.9. The molecule has 1 fully saturated rings. The molecule has 1 radical (unpaired) electrons. The number of hydroxylamine groups is 2. The Bertz CT molecular complexity index is 1610. The predicted octanol–water partition coefficient (Wildman–Crippen LogP) is 6.03. The lowest BCUT2D eigenvalue weighted by Crippen LogP contribution is -2.62. The number of hydrogen-bond acceptors (Lipinski definition) is 3. The first-order valence-corrected chi connectivity index (χ1v) is 16.7. The first-order chi connectivity index (χ1) is 22.1. The van der Waals surface area contributed by atoms with Crippen LogP contribution in [0.4, 0.5) is 8.63 Å². The first-order valence-electron chi connectivity index (χ1n) is 16.7. The van der Waals surface area contributed by atoms with Gasteiger partial charge in [-0.25, -0.2) is 0 Å². The molecule has 8 nitrogen and oxygen atoms in total. The number of allylic oxidation sites excluding steroid dienone is 2. The van der Waals surface area contributed by atoms with Gasteiger partial charge < -0.3 is 28.2 Å². The van der Waals surface area contributed by atoms with Gasteiger partial charge in [-0.3, -0.25) is 9.59 Å². The number of carbonyl (C=O) groups excluding carboxylic acids is 2. The maximum absolute atomic E-state index is 16.2. The van der Waals surface area contributed by atoms with E-state index in [1.807, 2.05) is 64.1 Å². The molecule has 2 N–H and O–H groups in total. The fourth-order valence-corrected chi connectivity index (χ4v) is 7.45. The number of carbonyl (C=O) groups is 2. The lowest BCUT2D eigenvalue weighted by molar-refractivity contribution is -0.360. The van der Waals surface area contributed by atoms with E-state index in [9.17, 15) is 14.8 Å². The summed E-state index contributed by atoms with van der Waals surface area (Å²) in [6.45, 7) is 7.52. The van der Waals surface area contributed by atoms with Crippen LogP contribution in [-0.4, -0.2) is 61.7 Å². The Balaban J connectivity index is 1.20. The van der Waals surface area contributed by atoms with Gasteiger partial charge in [-0.1, -0.05) is 44.2 Å². The number of rotatable bonds is 11. The summed E-state index contributed by atoms with van der Waals surface area (Å²) in [5.74, 6) is -0.0910. The number of aromatic nitrogens is 1. The van der Waals surface area contributed by atoms with Crippen LogP contribution in [0.3, 0.4) is 0 Å². The van der Waals surface area contributed by atoms with Gasteiger partial charge in [-0.05, 0) is 89.3 Å². The lowest BCUT2D eigenvalue weighted by atomic mass is 9.79. The van der Waals surface area contributed by atoms with Crippen LogP contribution in [-0.2, 0) is 21.2 Å². The van der Waals surface area contributed by atoms with Crippen molar-refractivity contribution in [2.45, 2.75) is 103 Å². The Morgan fingerprint density at radius 1 is 1.02 bits per heavy atom. The van der Waals surface area contributed by atoms with Crippen LogP contribution in [0.15, 0.2) is 72.5 Å². The van der Waals surface area contributed by atoms with E-state index in [0.29, 0.717) is 47.6 Å². The van der Waals surface area contributed by atoms with E-state index in [1.165, 1.54) is 0 Å². The van der Waals surface area contributed by atoms with E-state index >= 15 is 8.63 Å². The van der Waals surface area contributed by atoms with Crippen molar-refractivity contribution >= 4 is 30.6 Å². The topological polar surface area (TPSA) is 89.3 Å². The Labute approximate surface area is 276 Å². The molecule has 2 aromatic rings. The average molecular weight is 647 g/mol. The molecule has 4 heterocycles.